The van der Waals surface area contributed by atoms with Crippen molar-refractivity contribution >= 4 is 11.9 Å². The van der Waals surface area contributed by atoms with Gasteiger partial charge in [0, 0.05) is 6.42 Å². The summed E-state index contributed by atoms with van der Waals surface area (Å²) in [5, 5.41) is 8.73. The van der Waals surface area contributed by atoms with Gasteiger partial charge >= 0.3 is 11.9 Å². The Kier molecular flexibility index (Phi) is 6.99. The summed E-state index contributed by atoms with van der Waals surface area (Å²) >= 11 is 0. The first-order chi connectivity index (χ1) is 9.42. The number of esters is 1. The molecule has 0 aromatic heterocycles. The molecule has 0 aliphatic heterocycles. The molecule has 1 saturated carbocycles. The van der Waals surface area contributed by atoms with Crippen molar-refractivity contribution in [1.29, 1.82) is 0 Å². The van der Waals surface area contributed by atoms with Gasteiger partial charge in [0.05, 0.1) is 0 Å². The average molecular weight is 285 g/mol. The second-order valence-corrected chi connectivity index (χ2v) is 6.03. The number of carboxylic acids is 1. The third-order valence-electron chi connectivity index (χ3n) is 4.16. The van der Waals surface area contributed by atoms with Crippen LogP contribution in [0.3, 0.4) is 0 Å². The Morgan fingerprint density at radius 3 is 2.40 bits per heavy atom. The second-order valence-electron chi connectivity index (χ2n) is 6.03. The van der Waals surface area contributed by atoms with Crippen LogP contribution >= 0.6 is 0 Å². The summed E-state index contributed by atoms with van der Waals surface area (Å²) in [6.07, 6.45) is 5.96. The molecule has 1 unspecified atom stereocenters. The van der Waals surface area contributed by atoms with E-state index in [1.807, 2.05) is 6.92 Å². The predicted octanol–water partition coefficient (Wildman–Crippen LogP) is 2.33. The number of carbonyl (C=O) groups is 2. The molecular weight excluding hydrogens is 258 g/mol. The molecular formula is C15H27NO4. The number of aliphatic carboxylic acids is 1. The Morgan fingerprint density at radius 2 is 1.90 bits per heavy atom. The third kappa shape index (κ3) is 5.90. The molecule has 0 bridgehead atoms. The van der Waals surface area contributed by atoms with Gasteiger partial charge in [-0.2, -0.15) is 0 Å². The van der Waals surface area contributed by atoms with Gasteiger partial charge in [0.15, 0.2) is 0 Å². The highest BCUT2D eigenvalue weighted by Gasteiger charge is 2.24. The van der Waals surface area contributed by atoms with Crippen molar-refractivity contribution in [3.05, 3.63) is 0 Å². The van der Waals surface area contributed by atoms with E-state index in [4.69, 9.17) is 15.6 Å². The highest BCUT2D eigenvalue weighted by atomic mass is 16.5. The monoisotopic (exact) mass is 285 g/mol. The number of hydrogen-bond acceptors (Lipinski definition) is 4. The van der Waals surface area contributed by atoms with Gasteiger partial charge in [-0.25, -0.2) is 0 Å². The van der Waals surface area contributed by atoms with Gasteiger partial charge in [-0.05, 0) is 43.9 Å². The fourth-order valence-corrected chi connectivity index (χ4v) is 2.79. The zero-order valence-electron chi connectivity index (χ0n) is 12.5. The van der Waals surface area contributed by atoms with Crippen LogP contribution in [0.2, 0.25) is 0 Å². The lowest BCUT2D eigenvalue weighted by Gasteiger charge is -2.28. The van der Waals surface area contributed by atoms with Crippen LogP contribution < -0.4 is 5.73 Å². The molecule has 3 N–H and O–H groups in total. The minimum Gasteiger partial charge on any atom is -0.480 e. The van der Waals surface area contributed by atoms with Crippen LogP contribution in [0, 0.1) is 11.8 Å². The standard InChI is InChI=1S/C15H27NO4/c1-3-11-4-6-12(7-5-11)20-14(17)9-10(2)8-13(16)15(18)19/h10-13H,3-9,16H2,1-2H3,(H,18,19)/t10?,11?,12?,13-/m0/s1. The molecule has 0 amide bonds. The topological polar surface area (TPSA) is 89.6 Å². The van der Waals surface area contributed by atoms with Crippen LogP contribution in [0.15, 0.2) is 0 Å². The van der Waals surface area contributed by atoms with Crippen LogP contribution in [-0.2, 0) is 14.3 Å². The van der Waals surface area contributed by atoms with Gasteiger partial charge in [0.2, 0.25) is 0 Å². The summed E-state index contributed by atoms with van der Waals surface area (Å²) in [5.41, 5.74) is 5.46. The minimum atomic E-state index is -1.02. The van der Waals surface area contributed by atoms with Crippen molar-refractivity contribution in [2.24, 2.45) is 17.6 Å². The van der Waals surface area contributed by atoms with E-state index >= 15 is 0 Å². The van der Waals surface area contributed by atoms with Crippen molar-refractivity contribution in [1.82, 2.24) is 0 Å². The minimum absolute atomic E-state index is 0.0469. The molecule has 0 radical (unpaired) electrons. The number of carbonyl (C=O) groups excluding carboxylic acids is 1. The number of carboxylic acid groups (broad SMARTS) is 1. The highest BCUT2D eigenvalue weighted by molar-refractivity contribution is 5.73. The van der Waals surface area contributed by atoms with Gasteiger partial charge in [-0.15, -0.1) is 0 Å². The summed E-state index contributed by atoms with van der Waals surface area (Å²) < 4.78 is 5.47. The van der Waals surface area contributed by atoms with E-state index in [1.165, 1.54) is 6.42 Å². The molecule has 5 heteroatoms. The van der Waals surface area contributed by atoms with Crippen LogP contribution in [0.4, 0.5) is 0 Å². The molecule has 1 aliphatic rings. The lowest BCUT2D eigenvalue weighted by Crippen LogP contribution is -2.32. The summed E-state index contributed by atoms with van der Waals surface area (Å²) in [4.78, 5) is 22.5. The van der Waals surface area contributed by atoms with Crippen LogP contribution in [-0.4, -0.2) is 29.2 Å². The zero-order valence-corrected chi connectivity index (χ0v) is 12.5. The number of ether oxygens (including phenoxy) is 1. The maximum Gasteiger partial charge on any atom is 0.320 e. The van der Waals surface area contributed by atoms with Crippen LogP contribution in [0.25, 0.3) is 0 Å². The van der Waals surface area contributed by atoms with Crippen molar-refractivity contribution in [2.75, 3.05) is 0 Å². The van der Waals surface area contributed by atoms with Crippen molar-refractivity contribution in [3.63, 3.8) is 0 Å². The van der Waals surface area contributed by atoms with Crippen LogP contribution in [0.1, 0.15) is 58.8 Å². The first-order valence-corrected chi connectivity index (χ1v) is 7.60. The molecule has 0 aromatic rings. The lowest BCUT2D eigenvalue weighted by molar-refractivity contribution is -0.152. The molecule has 0 saturated heterocycles. The molecule has 20 heavy (non-hydrogen) atoms. The van der Waals surface area contributed by atoms with E-state index in [0.717, 1.165) is 31.6 Å². The molecule has 116 valence electrons. The largest absolute Gasteiger partial charge is 0.480 e. The molecule has 1 aliphatic carbocycles. The molecule has 2 atom stereocenters. The van der Waals surface area contributed by atoms with Gasteiger partial charge in [0.1, 0.15) is 12.1 Å². The fourth-order valence-electron chi connectivity index (χ4n) is 2.79. The maximum absolute atomic E-state index is 11.8. The summed E-state index contributed by atoms with van der Waals surface area (Å²) in [7, 11) is 0. The van der Waals surface area contributed by atoms with Crippen molar-refractivity contribution in [2.45, 2.75) is 70.9 Å². The Balaban J connectivity index is 2.24. The Morgan fingerprint density at radius 1 is 1.30 bits per heavy atom. The first-order valence-electron chi connectivity index (χ1n) is 7.60. The highest BCUT2D eigenvalue weighted by Crippen LogP contribution is 2.28. The van der Waals surface area contributed by atoms with E-state index in [2.05, 4.69) is 6.92 Å². The van der Waals surface area contributed by atoms with Gasteiger partial charge in [-0.3, -0.25) is 9.59 Å². The average Bonchev–Trinajstić information content (AvgIpc) is 2.39. The first kappa shape index (κ1) is 17.0. The van der Waals surface area contributed by atoms with Gasteiger partial charge in [0.25, 0.3) is 0 Å². The number of hydrogen-bond donors (Lipinski definition) is 2. The second kappa shape index (κ2) is 8.25. The number of nitrogens with two attached hydrogens (primary N) is 1. The quantitative estimate of drug-likeness (QED) is 0.701. The third-order valence-corrected chi connectivity index (χ3v) is 4.16. The summed E-state index contributed by atoms with van der Waals surface area (Å²) in [6.45, 7) is 4.03. The van der Waals surface area contributed by atoms with Gasteiger partial charge < -0.3 is 15.6 Å². The van der Waals surface area contributed by atoms with Gasteiger partial charge in [-0.1, -0.05) is 20.3 Å². The molecule has 0 heterocycles. The smallest absolute Gasteiger partial charge is 0.320 e. The summed E-state index contributed by atoms with van der Waals surface area (Å²) in [5.74, 6) is -0.545. The Hall–Kier alpha value is -1.10. The van der Waals surface area contributed by atoms with Crippen molar-refractivity contribution in [3.8, 4) is 0 Å². The maximum atomic E-state index is 11.8. The van der Waals surface area contributed by atoms with Crippen LogP contribution in [0.5, 0.6) is 0 Å². The molecule has 1 fully saturated rings. The molecule has 0 spiro atoms. The molecule has 1 rings (SSSR count). The van der Waals surface area contributed by atoms with E-state index in [9.17, 15) is 9.59 Å². The van der Waals surface area contributed by atoms with E-state index in [0.29, 0.717) is 6.42 Å². The molecule has 5 nitrogen and oxygen atoms in total. The number of rotatable bonds is 7. The van der Waals surface area contributed by atoms with Crippen molar-refractivity contribution < 1.29 is 19.4 Å². The Bertz CT molecular complexity index is 324. The van der Waals surface area contributed by atoms with E-state index < -0.39 is 12.0 Å². The zero-order chi connectivity index (χ0) is 15.1. The lowest BCUT2D eigenvalue weighted by atomic mass is 9.86. The SMILES string of the molecule is CCC1CCC(OC(=O)CC(C)C[C@H](N)C(=O)O)CC1. The van der Waals surface area contributed by atoms with E-state index in [1.54, 1.807) is 0 Å². The summed E-state index contributed by atoms with van der Waals surface area (Å²) in [6, 6.07) is -0.905. The molecule has 0 aromatic carbocycles. The predicted molar refractivity (Wildman–Crippen MR) is 76.1 cm³/mol. The Labute approximate surface area is 120 Å². The normalized spacial score (nSPS) is 25.8. The van der Waals surface area contributed by atoms with E-state index in [-0.39, 0.29) is 24.4 Å². The fraction of sp³-hybridized carbons (Fsp3) is 0.867.